The molecule has 0 radical (unpaired) electrons. The fourth-order valence-electron chi connectivity index (χ4n) is 2.42. The Kier molecular flexibility index (Phi) is 6.17. The maximum Gasteiger partial charge on any atom is 0.244 e. The van der Waals surface area contributed by atoms with Gasteiger partial charge in [0.2, 0.25) is 11.8 Å². The summed E-state index contributed by atoms with van der Waals surface area (Å²) in [5.41, 5.74) is 3.96. The van der Waals surface area contributed by atoms with Crippen LogP contribution in [0.25, 0.3) is 0 Å². The van der Waals surface area contributed by atoms with Crippen LogP contribution in [0, 0.1) is 13.8 Å². The number of nitrogens with zero attached hydrogens (tertiary/aromatic N) is 1. The lowest BCUT2D eigenvalue weighted by Gasteiger charge is -2.21. The van der Waals surface area contributed by atoms with E-state index in [1.54, 1.807) is 7.11 Å². The second-order valence-electron chi connectivity index (χ2n) is 6.07. The molecule has 132 valence electrons. The molecule has 0 atom stereocenters. The Morgan fingerprint density at radius 1 is 1.04 bits per heavy atom. The summed E-state index contributed by atoms with van der Waals surface area (Å²) in [4.78, 5) is 25.7. The molecule has 0 aromatic heterocycles. The van der Waals surface area contributed by atoms with Gasteiger partial charge in [0.05, 0.1) is 7.11 Å². The number of rotatable bonds is 6. The van der Waals surface area contributed by atoms with Gasteiger partial charge in [-0.05, 0) is 54.8 Å². The van der Waals surface area contributed by atoms with E-state index in [0.717, 1.165) is 22.6 Å². The van der Waals surface area contributed by atoms with Gasteiger partial charge in [-0.2, -0.15) is 0 Å². The second-order valence-corrected chi connectivity index (χ2v) is 6.07. The largest absolute Gasteiger partial charge is 0.497 e. The van der Waals surface area contributed by atoms with Gasteiger partial charge in [-0.15, -0.1) is 0 Å². The summed E-state index contributed by atoms with van der Waals surface area (Å²) in [7, 11) is 1.61. The van der Waals surface area contributed by atoms with Crippen molar-refractivity contribution in [1.82, 2.24) is 4.90 Å². The van der Waals surface area contributed by atoms with Gasteiger partial charge in [-0.1, -0.05) is 18.2 Å². The molecule has 0 aliphatic heterocycles. The second kappa shape index (κ2) is 8.33. The van der Waals surface area contributed by atoms with E-state index in [-0.39, 0.29) is 18.4 Å². The quantitative estimate of drug-likeness (QED) is 0.878. The number of anilines is 1. The fraction of sp³-hybridized carbons (Fsp3) is 0.300. The summed E-state index contributed by atoms with van der Waals surface area (Å²) in [5, 5.41) is 2.85. The standard InChI is InChI=1S/C20H24N2O3/c1-14-5-8-18(11-15(14)2)21-20(24)13-22(16(3)23)12-17-6-9-19(25-4)10-7-17/h5-11H,12-13H2,1-4H3,(H,21,24). The first-order chi connectivity index (χ1) is 11.9. The number of methoxy groups -OCH3 is 1. The van der Waals surface area contributed by atoms with Crippen molar-refractivity contribution in [2.75, 3.05) is 19.0 Å². The van der Waals surface area contributed by atoms with Crippen LogP contribution in [0.15, 0.2) is 42.5 Å². The van der Waals surface area contributed by atoms with E-state index in [4.69, 9.17) is 4.74 Å². The van der Waals surface area contributed by atoms with E-state index in [1.165, 1.54) is 17.4 Å². The van der Waals surface area contributed by atoms with Crippen molar-refractivity contribution in [1.29, 1.82) is 0 Å². The van der Waals surface area contributed by atoms with Crippen molar-refractivity contribution in [3.05, 3.63) is 59.2 Å². The molecule has 5 heteroatoms. The minimum atomic E-state index is -0.216. The number of hydrogen-bond acceptors (Lipinski definition) is 3. The first-order valence-corrected chi connectivity index (χ1v) is 8.14. The molecule has 25 heavy (non-hydrogen) atoms. The van der Waals surface area contributed by atoms with E-state index < -0.39 is 0 Å². The summed E-state index contributed by atoms with van der Waals surface area (Å²) in [6, 6.07) is 13.2. The average Bonchev–Trinajstić information content (AvgIpc) is 2.58. The molecular formula is C20H24N2O3. The zero-order valence-electron chi connectivity index (χ0n) is 15.1. The molecular weight excluding hydrogens is 316 g/mol. The van der Waals surface area contributed by atoms with Gasteiger partial charge in [0.15, 0.2) is 0 Å². The third-order valence-corrected chi connectivity index (χ3v) is 4.10. The van der Waals surface area contributed by atoms with Crippen LogP contribution in [-0.2, 0) is 16.1 Å². The molecule has 2 rings (SSSR count). The topological polar surface area (TPSA) is 58.6 Å². The van der Waals surface area contributed by atoms with Gasteiger partial charge >= 0.3 is 0 Å². The monoisotopic (exact) mass is 340 g/mol. The molecule has 0 aliphatic carbocycles. The zero-order valence-corrected chi connectivity index (χ0v) is 15.1. The Balaban J connectivity index is 2.00. The molecule has 0 unspecified atom stereocenters. The van der Waals surface area contributed by atoms with Crippen LogP contribution in [0.1, 0.15) is 23.6 Å². The molecule has 0 heterocycles. The van der Waals surface area contributed by atoms with E-state index in [9.17, 15) is 9.59 Å². The first-order valence-electron chi connectivity index (χ1n) is 8.14. The average molecular weight is 340 g/mol. The highest BCUT2D eigenvalue weighted by Crippen LogP contribution is 2.15. The van der Waals surface area contributed by atoms with Crippen LogP contribution in [0.5, 0.6) is 5.75 Å². The van der Waals surface area contributed by atoms with Crippen LogP contribution in [0.2, 0.25) is 0 Å². The lowest BCUT2D eigenvalue weighted by molar-refractivity contribution is -0.133. The molecule has 2 aromatic rings. The Bertz CT molecular complexity index is 754. The summed E-state index contributed by atoms with van der Waals surface area (Å²) >= 11 is 0. The molecule has 0 aliphatic rings. The van der Waals surface area contributed by atoms with Gasteiger partial charge in [-0.3, -0.25) is 9.59 Å². The van der Waals surface area contributed by atoms with Gasteiger partial charge in [-0.25, -0.2) is 0 Å². The number of hydrogen-bond donors (Lipinski definition) is 1. The predicted molar refractivity (Wildman–Crippen MR) is 98.6 cm³/mol. The Morgan fingerprint density at radius 2 is 1.72 bits per heavy atom. The van der Waals surface area contributed by atoms with Crippen LogP contribution in [-0.4, -0.2) is 30.4 Å². The van der Waals surface area contributed by atoms with Crippen LogP contribution in [0.4, 0.5) is 5.69 Å². The number of nitrogens with one attached hydrogen (secondary N) is 1. The van der Waals surface area contributed by atoms with Gasteiger partial charge in [0.25, 0.3) is 0 Å². The fourth-order valence-corrected chi connectivity index (χ4v) is 2.42. The lowest BCUT2D eigenvalue weighted by atomic mass is 10.1. The van der Waals surface area contributed by atoms with Crippen molar-refractivity contribution in [2.45, 2.75) is 27.3 Å². The molecule has 0 saturated carbocycles. The van der Waals surface area contributed by atoms with E-state index >= 15 is 0 Å². The van der Waals surface area contributed by atoms with Crippen LogP contribution < -0.4 is 10.1 Å². The van der Waals surface area contributed by atoms with E-state index in [2.05, 4.69) is 5.32 Å². The summed E-state index contributed by atoms with van der Waals surface area (Å²) < 4.78 is 5.13. The molecule has 0 saturated heterocycles. The maximum atomic E-state index is 12.3. The Morgan fingerprint density at radius 3 is 2.28 bits per heavy atom. The number of aryl methyl sites for hydroxylation is 2. The highest BCUT2D eigenvalue weighted by atomic mass is 16.5. The summed E-state index contributed by atoms with van der Waals surface area (Å²) in [5.74, 6) is 0.392. The highest BCUT2D eigenvalue weighted by Gasteiger charge is 2.14. The highest BCUT2D eigenvalue weighted by molar-refractivity contribution is 5.94. The predicted octanol–water partition coefficient (Wildman–Crippen LogP) is 3.30. The summed E-state index contributed by atoms with van der Waals surface area (Å²) in [6.45, 7) is 5.87. The molecule has 1 N–H and O–H groups in total. The number of carbonyl (C=O) groups is 2. The SMILES string of the molecule is COc1ccc(CN(CC(=O)Nc2ccc(C)c(C)c2)C(C)=O)cc1. The van der Waals surface area contributed by atoms with Crippen molar-refractivity contribution in [3.63, 3.8) is 0 Å². The van der Waals surface area contributed by atoms with Crippen LogP contribution >= 0.6 is 0 Å². The molecule has 0 spiro atoms. The van der Waals surface area contributed by atoms with Crippen molar-refractivity contribution >= 4 is 17.5 Å². The van der Waals surface area contributed by atoms with E-state index in [1.807, 2.05) is 56.3 Å². The normalized spacial score (nSPS) is 10.2. The summed E-state index contributed by atoms with van der Waals surface area (Å²) in [6.07, 6.45) is 0. The van der Waals surface area contributed by atoms with Gasteiger partial charge < -0.3 is 15.0 Å². The smallest absolute Gasteiger partial charge is 0.244 e. The molecule has 5 nitrogen and oxygen atoms in total. The van der Waals surface area contributed by atoms with Crippen LogP contribution in [0.3, 0.4) is 0 Å². The number of amides is 2. The number of carbonyl (C=O) groups excluding carboxylic acids is 2. The first kappa shape index (κ1) is 18.5. The third kappa shape index (κ3) is 5.35. The lowest BCUT2D eigenvalue weighted by Crippen LogP contribution is -2.36. The van der Waals surface area contributed by atoms with Crippen molar-refractivity contribution in [3.8, 4) is 5.75 Å². The molecule has 0 fully saturated rings. The number of benzene rings is 2. The number of ether oxygens (including phenoxy) is 1. The Hall–Kier alpha value is -2.82. The third-order valence-electron chi connectivity index (χ3n) is 4.10. The Labute approximate surface area is 148 Å². The molecule has 0 bridgehead atoms. The maximum absolute atomic E-state index is 12.3. The molecule has 2 aromatic carbocycles. The van der Waals surface area contributed by atoms with E-state index in [0.29, 0.717) is 6.54 Å². The van der Waals surface area contributed by atoms with Gasteiger partial charge in [0, 0.05) is 19.2 Å². The minimum absolute atomic E-state index is 0.00822. The van der Waals surface area contributed by atoms with Gasteiger partial charge in [0.1, 0.15) is 12.3 Å². The van der Waals surface area contributed by atoms with Crippen molar-refractivity contribution < 1.29 is 14.3 Å². The zero-order chi connectivity index (χ0) is 18.4. The molecule has 2 amide bonds. The van der Waals surface area contributed by atoms with Crippen molar-refractivity contribution in [2.24, 2.45) is 0 Å². The minimum Gasteiger partial charge on any atom is -0.497 e.